The molecule has 0 amide bonds. The first-order valence-electron chi connectivity index (χ1n) is 7.32. The molecule has 0 saturated carbocycles. The summed E-state index contributed by atoms with van der Waals surface area (Å²) in [4.78, 5) is 0. The number of benzene rings is 1. The smallest absolute Gasteiger partial charge is 0.119 e. The highest BCUT2D eigenvalue weighted by atomic mass is 16.5. The first kappa shape index (κ1) is 14.4. The molecule has 1 aromatic carbocycles. The van der Waals surface area contributed by atoms with Crippen LogP contribution in [-0.2, 0) is 4.74 Å². The van der Waals surface area contributed by atoms with Gasteiger partial charge in [0.1, 0.15) is 5.75 Å². The molecule has 3 nitrogen and oxygen atoms in total. The zero-order valence-electron chi connectivity index (χ0n) is 11.7. The number of aliphatic hydroxyl groups is 1. The van der Waals surface area contributed by atoms with Gasteiger partial charge in [-0.05, 0) is 49.8 Å². The van der Waals surface area contributed by atoms with Crippen LogP contribution in [-0.4, -0.2) is 24.4 Å². The molecule has 19 heavy (non-hydrogen) atoms. The van der Waals surface area contributed by atoms with Crippen molar-refractivity contribution in [1.29, 1.82) is 0 Å². The molecular formula is C16H24O3. The van der Waals surface area contributed by atoms with Crippen LogP contribution in [0.25, 0.3) is 0 Å². The van der Waals surface area contributed by atoms with Crippen LogP contribution < -0.4 is 4.74 Å². The Kier molecular flexibility index (Phi) is 5.67. The van der Waals surface area contributed by atoms with Gasteiger partial charge in [-0.15, -0.1) is 0 Å². The monoisotopic (exact) mass is 264 g/mol. The molecule has 1 heterocycles. The van der Waals surface area contributed by atoms with Crippen LogP contribution in [0.15, 0.2) is 24.3 Å². The molecule has 1 N–H and O–H groups in total. The summed E-state index contributed by atoms with van der Waals surface area (Å²) < 4.78 is 11.2. The van der Waals surface area contributed by atoms with Crippen LogP contribution in [0.3, 0.4) is 0 Å². The van der Waals surface area contributed by atoms with Crippen LogP contribution in [0.4, 0.5) is 0 Å². The van der Waals surface area contributed by atoms with E-state index in [2.05, 4.69) is 6.92 Å². The molecule has 1 saturated heterocycles. The lowest BCUT2D eigenvalue weighted by atomic mass is 10.0. The predicted molar refractivity (Wildman–Crippen MR) is 75.4 cm³/mol. The molecule has 2 rings (SSSR count). The zero-order valence-corrected chi connectivity index (χ0v) is 11.7. The Morgan fingerprint density at radius 3 is 3.11 bits per heavy atom. The lowest BCUT2D eigenvalue weighted by molar-refractivity contribution is 0.0811. The summed E-state index contributed by atoms with van der Waals surface area (Å²) >= 11 is 0. The van der Waals surface area contributed by atoms with E-state index in [0.29, 0.717) is 6.10 Å². The van der Waals surface area contributed by atoms with Gasteiger partial charge in [-0.25, -0.2) is 0 Å². The number of rotatable bonds is 7. The Balaban J connectivity index is 1.84. The fourth-order valence-corrected chi connectivity index (χ4v) is 2.41. The third-order valence-electron chi connectivity index (χ3n) is 3.50. The fraction of sp³-hybridized carbons (Fsp3) is 0.625. The summed E-state index contributed by atoms with van der Waals surface area (Å²) in [6.45, 7) is 3.68. The highest BCUT2D eigenvalue weighted by Gasteiger charge is 2.17. The molecule has 1 aliphatic heterocycles. The van der Waals surface area contributed by atoms with Gasteiger partial charge >= 0.3 is 0 Å². The van der Waals surface area contributed by atoms with Crippen molar-refractivity contribution in [3.05, 3.63) is 29.8 Å². The molecule has 0 aromatic heterocycles. The Morgan fingerprint density at radius 2 is 2.37 bits per heavy atom. The van der Waals surface area contributed by atoms with Gasteiger partial charge in [0.25, 0.3) is 0 Å². The largest absolute Gasteiger partial charge is 0.494 e. The van der Waals surface area contributed by atoms with E-state index in [9.17, 15) is 5.11 Å². The maximum Gasteiger partial charge on any atom is 0.119 e. The molecule has 1 fully saturated rings. The third-order valence-corrected chi connectivity index (χ3v) is 3.50. The second-order valence-electron chi connectivity index (χ2n) is 5.15. The molecule has 2 unspecified atom stereocenters. The molecule has 0 spiro atoms. The van der Waals surface area contributed by atoms with Crippen molar-refractivity contribution >= 4 is 0 Å². The molecule has 1 aromatic rings. The topological polar surface area (TPSA) is 38.7 Å². The fourth-order valence-electron chi connectivity index (χ4n) is 2.41. The van der Waals surface area contributed by atoms with Gasteiger partial charge in [0.05, 0.1) is 18.8 Å². The van der Waals surface area contributed by atoms with Crippen molar-refractivity contribution in [2.45, 2.75) is 51.2 Å². The average molecular weight is 264 g/mol. The van der Waals surface area contributed by atoms with Crippen LogP contribution in [0.5, 0.6) is 5.75 Å². The van der Waals surface area contributed by atoms with Gasteiger partial charge in [0.2, 0.25) is 0 Å². The summed E-state index contributed by atoms with van der Waals surface area (Å²) in [6.07, 6.45) is 4.88. The summed E-state index contributed by atoms with van der Waals surface area (Å²) in [5, 5.41) is 10.2. The minimum atomic E-state index is -0.422. The zero-order chi connectivity index (χ0) is 13.5. The highest BCUT2D eigenvalue weighted by molar-refractivity contribution is 5.29. The second-order valence-corrected chi connectivity index (χ2v) is 5.15. The molecule has 3 heteroatoms. The highest BCUT2D eigenvalue weighted by Crippen LogP contribution is 2.26. The number of ether oxygens (including phenoxy) is 2. The minimum Gasteiger partial charge on any atom is -0.494 e. The van der Waals surface area contributed by atoms with E-state index < -0.39 is 6.10 Å². The third kappa shape index (κ3) is 4.51. The maximum absolute atomic E-state index is 10.2. The van der Waals surface area contributed by atoms with Crippen molar-refractivity contribution in [1.82, 2.24) is 0 Å². The van der Waals surface area contributed by atoms with E-state index in [0.717, 1.165) is 56.6 Å². The lowest BCUT2D eigenvalue weighted by Crippen LogP contribution is -2.08. The van der Waals surface area contributed by atoms with Gasteiger partial charge in [-0.3, -0.25) is 0 Å². The standard InChI is InChI=1S/C16H24O3/c1-2-10-18-15-6-3-5-13(12-15)16(17)9-8-14-7-4-11-19-14/h3,5-6,12,14,16-17H,2,4,7-11H2,1H3. The molecule has 0 aliphatic carbocycles. The van der Waals surface area contributed by atoms with Crippen molar-refractivity contribution in [2.75, 3.05) is 13.2 Å². The Labute approximate surface area is 115 Å². The molecule has 2 atom stereocenters. The van der Waals surface area contributed by atoms with Crippen LogP contribution in [0, 0.1) is 0 Å². The number of hydrogen-bond acceptors (Lipinski definition) is 3. The van der Waals surface area contributed by atoms with Crippen molar-refractivity contribution in [3.8, 4) is 5.75 Å². The van der Waals surface area contributed by atoms with Crippen molar-refractivity contribution < 1.29 is 14.6 Å². The summed E-state index contributed by atoms with van der Waals surface area (Å²) in [7, 11) is 0. The first-order valence-corrected chi connectivity index (χ1v) is 7.32. The van der Waals surface area contributed by atoms with Crippen LogP contribution in [0.2, 0.25) is 0 Å². The Hall–Kier alpha value is -1.06. The van der Waals surface area contributed by atoms with Gasteiger partial charge in [-0.1, -0.05) is 19.1 Å². The van der Waals surface area contributed by atoms with Crippen LogP contribution in [0.1, 0.15) is 50.7 Å². The molecular weight excluding hydrogens is 240 g/mol. The first-order chi connectivity index (χ1) is 9.29. The maximum atomic E-state index is 10.2. The quantitative estimate of drug-likeness (QED) is 0.819. The summed E-state index contributed by atoms with van der Waals surface area (Å²) in [6, 6.07) is 7.77. The molecule has 106 valence electrons. The van der Waals surface area contributed by atoms with E-state index in [-0.39, 0.29) is 0 Å². The van der Waals surface area contributed by atoms with Crippen LogP contribution >= 0.6 is 0 Å². The number of aliphatic hydroxyl groups excluding tert-OH is 1. The molecule has 0 bridgehead atoms. The van der Waals surface area contributed by atoms with E-state index in [1.165, 1.54) is 0 Å². The van der Waals surface area contributed by atoms with Gasteiger partial charge in [-0.2, -0.15) is 0 Å². The van der Waals surface area contributed by atoms with Crippen molar-refractivity contribution in [2.24, 2.45) is 0 Å². The SMILES string of the molecule is CCCOc1cccc(C(O)CCC2CCCO2)c1. The minimum absolute atomic E-state index is 0.342. The van der Waals surface area contributed by atoms with E-state index >= 15 is 0 Å². The summed E-state index contributed by atoms with van der Waals surface area (Å²) in [5.74, 6) is 0.843. The van der Waals surface area contributed by atoms with E-state index in [1.807, 2.05) is 24.3 Å². The Morgan fingerprint density at radius 1 is 1.47 bits per heavy atom. The van der Waals surface area contributed by atoms with E-state index in [4.69, 9.17) is 9.47 Å². The van der Waals surface area contributed by atoms with Gasteiger partial charge < -0.3 is 14.6 Å². The molecule has 0 radical (unpaired) electrons. The Bertz CT molecular complexity index is 372. The van der Waals surface area contributed by atoms with Gasteiger partial charge in [0.15, 0.2) is 0 Å². The van der Waals surface area contributed by atoms with E-state index in [1.54, 1.807) is 0 Å². The average Bonchev–Trinajstić information content (AvgIpc) is 2.96. The second kappa shape index (κ2) is 7.51. The lowest BCUT2D eigenvalue weighted by Gasteiger charge is -2.15. The number of hydrogen-bond donors (Lipinski definition) is 1. The predicted octanol–water partition coefficient (Wildman–Crippen LogP) is 3.47. The summed E-state index contributed by atoms with van der Waals surface area (Å²) in [5.41, 5.74) is 0.937. The van der Waals surface area contributed by atoms with Crippen molar-refractivity contribution in [3.63, 3.8) is 0 Å². The normalized spacial score (nSPS) is 20.4. The van der Waals surface area contributed by atoms with Gasteiger partial charge in [0, 0.05) is 6.61 Å². The molecule has 1 aliphatic rings.